The molecule has 0 amide bonds. The first kappa shape index (κ1) is 13.2. The van der Waals surface area contributed by atoms with Crippen LogP contribution in [0.25, 0.3) is 0 Å². The third kappa shape index (κ3) is 1.85. The van der Waals surface area contributed by atoms with Gasteiger partial charge in [0.05, 0.1) is 18.5 Å². The van der Waals surface area contributed by atoms with E-state index in [9.17, 15) is 9.50 Å². The number of fused-ring (bicyclic) bond motifs is 1. The van der Waals surface area contributed by atoms with Gasteiger partial charge in [-0.15, -0.1) is 5.10 Å². The van der Waals surface area contributed by atoms with Gasteiger partial charge in [0.25, 0.3) is 0 Å². The van der Waals surface area contributed by atoms with Gasteiger partial charge in [-0.3, -0.25) is 0 Å². The maximum atomic E-state index is 14.1. The van der Waals surface area contributed by atoms with Gasteiger partial charge in [-0.1, -0.05) is 0 Å². The lowest BCUT2D eigenvalue weighted by atomic mass is 10.1. The van der Waals surface area contributed by atoms with Gasteiger partial charge in [0.2, 0.25) is 5.96 Å². The van der Waals surface area contributed by atoms with E-state index in [1.54, 1.807) is 0 Å². The molecule has 0 spiro atoms. The van der Waals surface area contributed by atoms with Gasteiger partial charge in [0, 0.05) is 0 Å². The van der Waals surface area contributed by atoms with E-state index in [2.05, 4.69) is 15.4 Å². The summed E-state index contributed by atoms with van der Waals surface area (Å²) < 4.78 is 20.7. The van der Waals surface area contributed by atoms with Crippen LogP contribution in [-0.4, -0.2) is 50.8 Å². The molecule has 5 atom stereocenters. The highest BCUT2D eigenvalue weighted by Gasteiger charge is 2.46. The van der Waals surface area contributed by atoms with Crippen molar-refractivity contribution in [3.63, 3.8) is 0 Å². The van der Waals surface area contributed by atoms with E-state index in [1.807, 2.05) is 0 Å². The zero-order valence-electron chi connectivity index (χ0n) is 10.3. The number of nitrogens with one attached hydrogen (secondary N) is 1. The Balaban J connectivity index is 1.97. The summed E-state index contributed by atoms with van der Waals surface area (Å²) in [5.41, 5.74) is 11.6. The first-order valence-electron chi connectivity index (χ1n) is 6.05. The average molecular weight is 286 g/mol. The number of alkyl halides is 1. The van der Waals surface area contributed by atoms with E-state index >= 15 is 0 Å². The number of rotatable bonds is 2. The highest BCUT2D eigenvalue weighted by Crippen LogP contribution is 2.36. The monoisotopic (exact) mass is 286 g/mol. The molecule has 1 fully saturated rings. The van der Waals surface area contributed by atoms with E-state index in [1.165, 1.54) is 10.9 Å². The Labute approximate surface area is 113 Å². The molecule has 0 aliphatic carbocycles. The lowest BCUT2D eigenvalue weighted by Crippen LogP contribution is -2.44. The lowest BCUT2D eigenvalue weighted by molar-refractivity contribution is -0.0245. The molecule has 110 valence electrons. The number of aliphatic hydroxyl groups excluding tert-OH is 2. The minimum Gasteiger partial charge on any atom is -0.394 e. The molecule has 2 aliphatic rings. The Morgan fingerprint density at radius 1 is 1.55 bits per heavy atom. The second-order valence-electron chi connectivity index (χ2n) is 4.67. The van der Waals surface area contributed by atoms with Crippen molar-refractivity contribution < 1.29 is 19.3 Å². The van der Waals surface area contributed by atoms with Crippen molar-refractivity contribution in [1.29, 1.82) is 0 Å². The van der Waals surface area contributed by atoms with Crippen LogP contribution in [0.15, 0.2) is 11.3 Å². The number of ether oxygens (including phenoxy) is 1. The molecule has 3 rings (SSSR count). The van der Waals surface area contributed by atoms with Crippen LogP contribution < -0.4 is 16.8 Å². The van der Waals surface area contributed by atoms with Crippen LogP contribution in [-0.2, 0) is 4.74 Å². The Morgan fingerprint density at radius 2 is 2.30 bits per heavy atom. The van der Waals surface area contributed by atoms with Gasteiger partial charge in [0.1, 0.15) is 24.5 Å². The summed E-state index contributed by atoms with van der Waals surface area (Å²) in [5.74, 6) is 0.420. The predicted molar refractivity (Wildman–Crippen MR) is 64.9 cm³/mol. The van der Waals surface area contributed by atoms with Crippen molar-refractivity contribution in [1.82, 2.24) is 15.0 Å². The van der Waals surface area contributed by atoms with Crippen molar-refractivity contribution >= 4 is 5.96 Å². The number of hydrogen-bond donors (Lipinski definition) is 5. The quantitative estimate of drug-likeness (QED) is 0.409. The fourth-order valence-corrected chi connectivity index (χ4v) is 2.36. The minimum absolute atomic E-state index is 0.0666. The molecule has 1 unspecified atom stereocenters. The minimum atomic E-state index is -1.70. The van der Waals surface area contributed by atoms with E-state index < -0.39 is 37.3 Å². The Hall–Kier alpha value is -1.75. The molecule has 20 heavy (non-hydrogen) atoms. The highest BCUT2D eigenvalue weighted by atomic mass is 19.1. The Bertz CT molecular complexity index is 549. The van der Waals surface area contributed by atoms with Crippen LogP contribution in [0.5, 0.6) is 0 Å². The second kappa shape index (κ2) is 4.66. The maximum Gasteiger partial charge on any atom is 0.213 e. The van der Waals surface area contributed by atoms with Crippen LogP contribution in [0, 0.1) is 0 Å². The van der Waals surface area contributed by atoms with Gasteiger partial charge < -0.3 is 31.7 Å². The van der Waals surface area contributed by atoms with Crippen molar-refractivity contribution in [2.45, 2.75) is 30.6 Å². The number of nitrogens with zero attached hydrogens (tertiary/aromatic N) is 3. The van der Waals surface area contributed by atoms with Crippen LogP contribution in [0.2, 0.25) is 0 Å². The van der Waals surface area contributed by atoms with Gasteiger partial charge in [-0.05, 0) is 0 Å². The number of hydrogen-bond acceptors (Lipinski definition) is 8. The molecular formula is C10H15FN6O3. The molecule has 1 aromatic heterocycles. The molecule has 0 saturated carbocycles. The van der Waals surface area contributed by atoms with Crippen LogP contribution in [0.3, 0.4) is 0 Å². The van der Waals surface area contributed by atoms with Crippen LogP contribution in [0.4, 0.5) is 4.39 Å². The maximum absolute atomic E-state index is 14.1. The standard InChI is InChI=1S/C10H15FN6O3/c11-5-6(19)4(2-18)20-7(5)3-1-14-9-8(12)15-10(13)16-17(3)9/h1,4-8,18-19H,2,12H2,(H3,13,15,16)/t4-,5-,6-,7+,8?/m1/s1. The van der Waals surface area contributed by atoms with E-state index in [0.717, 1.165) is 0 Å². The summed E-state index contributed by atoms with van der Waals surface area (Å²) in [6.45, 7) is -0.481. The Kier molecular flexibility index (Phi) is 3.09. The first-order valence-corrected chi connectivity index (χ1v) is 6.05. The number of nitrogens with two attached hydrogens (primary N) is 2. The Morgan fingerprint density at radius 3 is 2.95 bits per heavy atom. The SMILES string of the molecule is NC1=Nn2c([C@@H]3O[C@H](CO)[C@@H](O)[C@H]3F)cnc2C(N)N1. The second-order valence-corrected chi connectivity index (χ2v) is 4.67. The highest BCUT2D eigenvalue weighted by molar-refractivity contribution is 5.78. The van der Waals surface area contributed by atoms with Gasteiger partial charge >= 0.3 is 0 Å². The van der Waals surface area contributed by atoms with Gasteiger partial charge in [-0.2, -0.15) is 0 Å². The topological polar surface area (TPSA) is 144 Å². The molecule has 1 saturated heterocycles. The molecule has 9 nitrogen and oxygen atoms in total. The smallest absolute Gasteiger partial charge is 0.213 e. The molecule has 0 radical (unpaired) electrons. The first-order chi connectivity index (χ1) is 9.52. The van der Waals surface area contributed by atoms with Crippen molar-refractivity contribution in [3.05, 3.63) is 17.7 Å². The van der Waals surface area contributed by atoms with Crippen molar-refractivity contribution in [3.8, 4) is 0 Å². The summed E-state index contributed by atoms with van der Waals surface area (Å²) in [6.07, 6.45) is -4.49. The van der Waals surface area contributed by atoms with Crippen molar-refractivity contribution in [2.75, 3.05) is 6.61 Å². The van der Waals surface area contributed by atoms with E-state index in [0.29, 0.717) is 5.82 Å². The van der Waals surface area contributed by atoms with Crippen LogP contribution >= 0.6 is 0 Å². The number of aliphatic hydroxyl groups is 2. The van der Waals surface area contributed by atoms with Crippen molar-refractivity contribution in [2.24, 2.45) is 16.6 Å². The zero-order chi connectivity index (χ0) is 14.4. The molecule has 1 aromatic rings. The molecule has 0 aromatic carbocycles. The summed E-state index contributed by atoms with van der Waals surface area (Å²) in [5, 5.41) is 25.3. The fourth-order valence-electron chi connectivity index (χ4n) is 2.36. The molecule has 0 bridgehead atoms. The predicted octanol–water partition coefficient (Wildman–Crippen LogP) is -2.35. The molecule has 10 heteroatoms. The summed E-state index contributed by atoms with van der Waals surface area (Å²) in [7, 11) is 0. The van der Waals surface area contributed by atoms with E-state index in [4.69, 9.17) is 21.3 Å². The third-order valence-electron chi connectivity index (χ3n) is 3.37. The number of halogens is 1. The number of imidazole rings is 1. The average Bonchev–Trinajstić information content (AvgIpc) is 2.93. The largest absolute Gasteiger partial charge is 0.394 e. The van der Waals surface area contributed by atoms with E-state index in [-0.39, 0.29) is 11.7 Å². The summed E-state index contributed by atoms with van der Waals surface area (Å²) in [6, 6.07) is 0. The fraction of sp³-hybridized carbons (Fsp3) is 0.600. The number of aromatic nitrogens is 2. The number of guanidine groups is 1. The molecule has 3 heterocycles. The summed E-state index contributed by atoms with van der Waals surface area (Å²) in [4.78, 5) is 4.05. The van der Waals surface area contributed by atoms with Gasteiger partial charge in [0.15, 0.2) is 12.0 Å². The van der Waals surface area contributed by atoms with Gasteiger partial charge in [-0.25, -0.2) is 14.1 Å². The van der Waals surface area contributed by atoms with Crippen LogP contribution in [0.1, 0.15) is 23.8 Å². The lowest BCUT2D eigenvalue weighted by Gasteiger charge is -2.21. The summed E-state index contributed by atoms with van der Waals surface area (Å²) >= 11 is 0. The third-order valence-corrected chi connectivity index (χ3v) is 3.37. The molecular weight excluding hydrogens is 271 g/mol. The molecule has 2 aliphatic heterocycles. The zero-order valence-corrected chi connectivity index (χ0v) is 10.3. The normalized spacial score (nSPS) is 36.4. The molecule has 7 N–H and O–H groups in total.